The number of carbonyl (C=O) groups excluding carboxylic acids is 2. The smallest absolute Gasteiger partial charge is 0.292 e. The molecule has 1 aliphatic carbocycles. The first-order valence-corrected chi connectivity index (χ1v) is 10.3. The van der Waals surface area contributed by atoms with E-state index in [9.17, 15) is 9.59 Å². The van der Waals surface area contributed by atoms with E-state index in [-0.39, 0.29) is 23.7 Å². The van der Waals surface area contributed by atoms with Crippen LogP contribution in [0.15, 0.2) is 48.7 Å². The lowest BCUT2D eigenvalue weighted by atomic mass is 10.1. The fourth-order valence-corrected chi connectivity index (χ4v) is 3.87. The summed E-state index contributed by atoms with van der Waals surface area (Å²) in [6, 6.07) is 13.2. The van der Waals surface area contributed by atoms with Crippen LogP contribution in [0.1, 0.15) is 65.2 Å². The highest BCUT2D eigenvalue weighted by Crippen LogP contribution is 2.19. The normalized spacial score (nSPS) is 15.1. The van der Waals surface area contributed by atoms with Crippen molar-refractivity contribution in [2.45, 2.75) is 51.5 Å². The summed E-state index contributed by atoms with van der Waals surface area (Å²) in [4.78, 5) is 30.2. The minimum atomic E-state index is -0.344. The van der Waals surface area contributed by atoms with Crippen molar-refractivity contribution in [3.63, 3.8) is 0 Å². The summed E-state index contributed by atoms with van der Waals surface area (Å²) in [5, 5.41) is 5.99. The van der Waals surface area contributed by atoms with Gasteiger partial charge in [-0.1, -0.05) is 49.4 Å². The Morgan fingerprint density at radius 2 is 1.69 bits per heavy atom. The first kappa shape index (κ1) is 19.2. The van der Waals surface area contributed by atoms with Crippen LogP contribution in [0.25, 0.3) is 5.52 Å². The Balaban J connectivity index is 1.59. The van der Waals surface area contributed by atoms with E-state index in [0.29, 0.717) is 16.9 Å². The number of pyridine rings is 1. The maximum absolute atomic E-state index is 13.0. The molecule has 6 heteroatoms. The molecule has 0 atom stereocenters. The lowest BCUT2D eigenvalue weighted by molar-refractivity contribution is 0.0930. The fraction of sp³-hybridized carbons (Fsp3) is 0.348. The molecule has 1 fully saturated rings. The van der Waals surface area contributed by atoms with Gasteiger partial charge in [-0.05, 0) is 44.0 Å². The van der Waals surface area contributed by atoms with Gasteiger partial charge in [0.2, 0.25) is 5.82 Å². The number of aromatic nitrogens is 2. The molecule has 29 heavy (non-hydrogen) atoms. The number of aryl methyl sites for hydroxylation is 1. The van der Waals surface area contributed by atoms with Gasteiger partial charge in [0.25, 0.3) is 11.8 Å². The van der Waals surface area contributed by atoms with E-state index in [1.54, 1.807) is 10.6 Å². The van der Waals surface area contributed by atoms with Crippen LogP contribution < -0.4 is 10.6 Å². The molecule has 0 aliphatic heterocycles. The standard InChI is InChI=1S/C23H26N4O2/c1-16-11-13-18(14-12-16)25-23(29)21-26-20(19-10-6-7-15-27(19)21)22(28)24-17-8-4-2-3-5-9-17/h6-7,10-15,17H,2-5,8-9H2,1H3,(H,24,28)(H,25,29). The van der Waals surface area contributed by atoms with Crippen molar-refractivity contribution < 1.29 is 9.59 Å². The Labute approximate surface area is 170 Å². The van der Waals surface area contributed by atoms with Crippen LogP contribution in [0, 0.1) is 6.92 Å². The van der Waals surface area contributed by atoms with Crippen LogP contribution in [0.2, 0.25) is 0 Å². The number of nitrogens with zero attached hydrogens (tertiary/aromatic N) is 2. The van der Waals surface area contributed by atoms with Crippen molar-refractivity contribution in [1.82, 2.24) is 14.7 Å². The van der Waals surface area contributed by atoms with Crippen LogP contribution in [-0.4, -0.2) is 27.2 Å². The maximum atomic E-state index is 13.0. The van der Waals surface area contributed by atoms with Crippen LogP contribution in [0.5, 0.6) is 0 Å². The number of hydrogen-bond acceptors (Lipinski definition) is 3. The van der Waals surface area contributed by atoms with E-state index >= 15 is 0 Å². The van der Waals surface area contributed by atoms with Gasteiger partial charge in [-0.2, -0.15) is 0 Å². The molecule has 4 rings (SSSR count). The second-order valence-corrected chi connectivity index (χ2v) is 7.72. The Bertz CT molecular complexity index is 1020. The molecule has 0 saturated heterocycles. The molecule has 3 aromatic rings. The summed E-state index contributed by atoms with van der Waals surface area (Å²) in [6.07, 6.45) is 8.48. The van der Waals surface area contributed by atoms with Crippen LogP contribution >= 0.6 is 0 Å². The molecule has 2 aromatic heterocycles. The minimum Gasteiger partial charge on any atom is -0.348 e. The van der Waals surface area contributed by atoms with Crippen molar-refractivity contribution in [3.8, 4) is 0 Å². The van der Waals surface area contributed by atoms with Gasteiger partial charge in [0, 0.05) is 17.9 Å². The summed E-state index contributed by atoms with van der Waals surface area (Å²) >= 11 is 0. The lowest BCUT2D eigenvalue weighted by Gasteiger charge is -2.15. The summed E-state index contributed by atoms with van der Waals surface area (Å²) < 4.78 is 1.67. The zero-order valence-electron chi connectivity index (χ0n) is 16.6. The number of amides is 2. The number of benzene rings is 1. The zero-order valence-corrected chi connectivity index (χ0v) is 16.6. The third-order valence-corrected chi connectivity index (χ3v) is 5.47. The Morgan fingerprint density at radius 1 is 0.966 bits per heavy atom. The van der Waals surface area contributed by atoms with Crippen molar-refractivity contribution in [2.75, 3.05) is 5.32 Å². The van der Waals surface area contributed by atoms with Gasteiger partial charge in [-0.25, -0.2) is 4.98 Å². The van der Waals surface area contributed by atoms with Crippen LogP contribution in [-0.2, 0) is 0 Å². The third kappa shape index (κ3) is 4.31. The monoisotopic (exact) mass is 390 g/mol. The molecule has 0 radical (unpaired) electrons. The molecule has 0 unspecified atom stereocenters. The molecular formula is C23H26N4O2. The highest BCUT2D eigenvalue weighted by Gasteiger charge is 2.23. The van der Waals surface area contributed by atoms with Crippen molar-refractivity contribution in [3.05, 3.63) is 65.7 Å². The van der Waals surface area contributed by atoms with Crippen LogP contribution in [0.3, 0.4) is 0 Å². The predicted molar refractivity (Wildman–Crippen MR) is 113 cm³/mol. The molecule has 2 N–H and O–H groups in total. The summed E-state index contributed by atoms with van der Waals surface area (Å²) in [5.74, 6) is -0.356. The predicted octanol–water partition coefficient (Wildman–Crippen LogP) is 4.35. The van der Waals surface area contributed by atoms with E-state index < -0.39 is 0 Å². The summed E-state index contributed by atoms with van der Waals surface area (Å²) in [5.41, 5.74) is 2.74. The van der Waals surface area contributed by atoms with Gasteiger partial charge in [-0.3, -0.25) is 14.0 Å². The van der Waals surface area contributed by atoms with E-state index in [2.05, 4.69) is 15.6 Å². The summed E-state index contributed by atoms with van der Waals surface area (Å²) in [6.45, 7) is 1.99. The van der Waals surface area contributed by atoms with Gasteiger partial charge in [0.15, 0.2) is 5.69 Å². The number of carbonyl (C=O) groups is 2. The third-order valence-electron chi connectivity index (χ3n) is 5.47. The van der Waals surface area contributed by atoms with Crippen molar-refractivity contribution >= 4 is 23.0 Å². The summed E-state index contributed by atoms with van der Waals surface area (Å²) in [7, 11) is 0. The SMILES string of the molecule is Cc1ccc(NC(=O)c2nc(C(=O)NC3CCCCCC3)c3ccccn23)cc1. The van der Waals surface area contributed by atoms with E-state index in [4.69, 9.17) is 0 Å². The number of hydrogen-bond donors (Lipinski definition) is 2. The Hall–Kier alpha value is -3.15. The molecule has 0 bridgehead atoms. The van der Waals surface area contributed by atoms with E-state index in [1.807, 2.05) is 49.4 Å². The molecule has 0 spiro atoms. The Kier molecular flexibility index (Phi) is 5.60. The van der Waals surface area contributed by atoms with Crippen molar-refractivity contribution in [1.29, 1.82) is 0 Å². The number of imidazole rings is 1. The quantitative estimate of drug-likeness (QED) is 0.651. The highest BCUT2D eigenvalue weighted by molar-refractivity contribution is 6.06. The maximum Gasteiger partial charge on any atom is 0.292 e. The van der Waals surface area contributed by atoms with Gasteiger partial charge in [0.05, 0.1) is 5.52 Å². The van der Waals surface area contributed by atoms with Gasteiger partial charge >= 0.3 is 0 Å². The average molecular weight is 390 g/mol. The van der Waals surface area contributed by atoms with Crippen molar-refractivity contribution in [2.24, 2.45) is 0 Å². The van der Waals surface area contributed by atoms with E-state index in [1.165, 1.54) is 12.8 Å². The molecule has 2 heterocycles. The molecular weight excluding hydrogens is 364 g/mol. The molecule has 150 valence electrons. The van der Waals surface area contributed by atoms with E-state index in [0.717, 1.165) is 31.2 Å². The minimum absolute atomic E-state index is 0.176. The first-order chi connectivity index (χ1) is 14.1. The first-order valence-electron chi connectivity index (χ1n) is 10.3. The average Bonchev–Trinajstić information content (AvgIpc) is 2.93. The number of fused-ring (bicyclic) bond motifs is 1. The Morgan fingerprint density at radius 3 is 2.41 bits per heavy atom. The fourth-order valence-electron chi connectivity index (χ4n) is 3.87. The second kappa shape index (κ2) is 8.47. The molecule has 1 saturated carbocycles. The van der Waals surface area contributed by atoms with Gasteiger partial charge in [0.1, 0.15) is 0 Å². The van der Waals surface area contributed by atoms with Gasteiger partial charge in [-0.15, -0.1) is 0 Å². The molecule has 6 nitrogen and oxygen atoms in total. The largest absolute Gasteiger partial charge is 0.348 e. The number of anilines is 1. The molecule has 2 amide bonds. The van der Waals surface area contributed by atoms with Crippen LogP contribution in [0.4, 0.5) is 5.69 Å². The highest BCUT2D eigenvalue weighted by atomic mass is 16.2. The number of nitrogens with one attached hydrogen (secondary N) is 2. The zero-order chi connectivity index (χ0) is 20.2. The van der Waals surface area contributed by atoms with Gasteiger partial charge < -0.3 is 10.6 Å². The molecule has 1 aromatic carbocycles. The number of rotatable bonds is 4. The second-order valence-electron chi connectivity index (χ2n) is 7.72. The topological polar surface area (TPSA) is 75.5 Å². The lowest BCUT2D eigenvalue weighted by Crippen LogP contribution is -2.34. The molecule has 1 aliphatic rings.